The van der Waals surface area contributed by atoms with E-state index in [0.29, 0.717) is 28.7 Å². The van der Waals surface area contributed by atoms with Gasteiger partial charge in [-0.2, -0.15) is 0 Å². The number of rotatable bonds is 5. The van der Waals surface area contributed by atoms with E-state index in [1.54, 1.807) is 32.4 Å². The number of pyridine rings is 1. The number of fused-ring (bicyclic) bond motifs is 1. The monoisotopic (exact) mass is 348 g/mol. The van der Waals surface area contributed by atoms with Gasteiger partial charge in [-0.1, -0.05) is 18.2 Å². The van der Waals surface area contributed by atoms with Crippen molar-refractivity contribution in [2.24, 2.45) is 0 Å². The Labute approximate surface area is 152 Å². The number of benzene rings is 2. The van der Waals surface area contributed by atoms with Crippen molar-refractivity contribution in [3.8, 4) is 11.5 Å². The van der Waals surface area contributed by atoms with Crippen LogP contribution in [0, 0.1) is 0 Å². The molecule has 132 valence electrons. The Morgan fingerprint density at radius 2 is 1.73 bits per heavy atom. The molecule has 3 aromatic rings. The highest BCUT2D eigenvalue weighted by Crippen LogP contribution is 2.40. The van der Waals surface area contributed by atoms with Crippen molar-refractivity contribution >= 4 is 22.5 Å². The first kappa shape index (κ1) is 16.4. The summed E-state index contributed by atoms with van der Waals surface area (Å²) in [6.45, 7) is 0. The molecule has 5 heteroatoms. The van der Waals surface area contributed by atoms with Crippen molar-refractivity contribution in [2.75, 3.05) is 19.5 Å². The van der Waals surface area contributed by atoms with Crippen molar-refractivity contribution in [2.45, 2.75) is 18.8 Å². The van der Waals surface area contributed by atoms with Crippen LogP contribution in [0.15, 0.2) is 48.5 Å². The van der Waals surface area contributed by atoms with Crippen LogP contribution in [0.1, 0.15) is 34.8 Å². The minimum atomic E-state index is -0.166. The van der Waals surface area contributed by atoms with Crippen molar-refractivity contribution in [1.82, 2.24) is 4.98 Å². The van der Waals surface area contributed by atoms with E-state index in [9.17, 15) is 4.79 Å². The predicted molar refractivity (Wildman–Crippen MR) is 101 cm³/mol. The number of methoxy groups -OCH3 is 2. The lowest BCUT2D eigenvalue weighted by Gasteiger charge is -2.12. The molecule has 5 nitrogen and oxygen atoms in total. The zero-order valence-electron chi connectivity index (χ0n) is 14.8. The molecule has 4 rings (SSSR count). The Morgan fingerprint density at radius 3 is 2.38 bits per heavy atom. The average Bonchev–Trinajstić information content (AvgIpc) is 3.52. The Hall–Kier alpha value is -3.08. The van der Waals surface area contributed by atoms with Gasteiger partial charge >= 0.3 is 0 Å². The van der Waals surface area contributed by atoms with Gasteiger partial charge in [0, 0.05) is 40.9 Å². The van der Waals surface area contributed by atoms with E-state index >= 15 is 0 Å². The standard InChI is InChI=1S/C21H20N2O3/c1-25-15-9-14(10-16(11-15)26-2)22-21(24)18-12-20(13-7-8-13)23-19-6-4-3-5-17(18)19/h3-6,9-13H,7-8H2,1-2H3,(H,22,24). The zero-order chi connectivity index (χ0) is 18.1. The Balaban J connectivity index is 1.72. The van der Waals surface area contributed by atoms with E-state index in [4.69, 9.17) is 14.5 Å². The molecular weight excluding hydrogens is 328 g/mol. The van der Waals surface area contributed by atoms with Crippen molar-refractivity contribution in [3.63, 3.8) is 0 Å². The van der Waals surface area contributed by atoms with E-state index in [1.165, 1.54) is 0 Å². The number of aromatic nitrogens is 1. The number of nitrogens with zero attached hydrogens (tertiary/aromatic N) is 1. The fourth-order valence-corrected chi connectivity index (χ4v) is 3.05. The normalized spacial score (nSPS) is 13.5. The third-order valence-corrected chi connectivity index (χ3v) is 4.59. The van der Waals surface area contributed by atoms with E-state index in [-0.39, 0.29) is 5.91 Å². The first-order valence-electron chi connectivity index (χ1n) is 8.62. The molecule has 1 saturated carbocycles. The first-order valence-corrected chi connectivity index (χ1v) is 8.62. The quantitative estimate of drug-likeness (QED) is 0.743. The fraction of sp³-hybridized carbons (Fsp3) is 0.238. The van der Waals surface area contributed by atoms with Gasteiger partial charge in [-0.15, -0.1) is 0 Å². The molecule has 1 aliphatic carbocycles. The summed E-state index contributed by atoms with van der Waals surface area (Å²) in [5, 5.41) is 3.81. The molecule has 1 amide bonds. The van der Waals surface area contributed by atoms with Crippen LogP contribution >= 0.6 is 0 Å². The molecule has 0 aliphatic heterocycles. The lowest BCUT2D eigenvalue weighted by molar-refractivity contribution is 0.102. The van der Waals surface area contributed by atoms with Crippen molar-refractivity contribution in [1.29, 1.82) is 0 Å². The molecule has 0 unspecified atom stereocenters. The maximum atomic E-state index is 13.0. The largest absolute Gasteiger partial charge is 0.497 e. The van der Waals surface area contributed by atoms with Crippen LogP contribution < -0.4 is 14.8 Å². The highest BCUT2D eigenvalue weighted by Gasteiger charge is 2.27. The summed E-state index contributed by atoms with van der Waals surface area (Å²) >= 11 is 0. The first-order chi connectivity index (χ1) is 12.7. The number of ether oxygens (including phenoxy) is 2. The number of anilines is 1. The van der Waals surface area contributed by atoms with Gasteiger partial charge in [-0.3, -0.25) is 9.78 Å². The van der Waals surface area contributed by atoms with Crippen LogP contribution in [-0.2, 0) is 0 Å². The lowest BCUT2D eigenvalue weighted by atomic mass is 10.1. The van der Waals surface area contributed by atoms with Crippen LogP contribution in [-0.4, -0.2) is 25.1 Å². The third kappa shape index (κ3) is 3.20. The maximum absolute atomic E-state index is 13.0. The van der Waals surface area contributed by atoms with E-state index in [1.807, 2.05) is 30.3 Å². The number of amides is 1. The summed E-state index contributed by atoms with van der Waals surface area (Å²) in [4.78, 5) is 17.7. The van der Waals surface area contributed by atoms with Crippen LogP contribution in [0.2, 0.25) is 0 Å². The summed E-state index contributed by atoms with van der Waals surface area (Å²) in [6.07, 6.45) is 2.28. The molecule has 1 heterocycles. The predicted octanol–water partition coefficient (Wildman–Crippen LogP) is 4.38. The Morgan fingerprint density at radius 1 is 1.04 bits per heavy atom. The minimum Gasteiger partial charge on any atom is -0.497 e. The summed E-state index contributed by atoms with van der Waals surface area (Å²) in [5.74, 6) is 1.56. The van der Waals surface area contributed by atoms with E-state index < -0.39 is 0 Å². The number of carbonyl (C=O) groups excluding carboxylic acids is 1. The van der Waals surface area contributed by atoms with Crippen molar-refractivity contribution < 1.29 is 14.3 Å². The van der Waals surface area contributed by atoms with E-state index in [0.717, 1.165) is 29.4 Å². The summed E-state index contributed by atoms with van der Waals surface area (Å²) < 4.78 is 10.5. The molecule has 1 aliphatic rings. The lowest BCUT2D eigenvalue weighted by Crippen LogP contribution is -2.13. The van der Waals surface area contributed by atoms with E-state index in [2.05, 4.69) is 5.32 Å². The number of hydrogen-bond acceptors (Lipinski definition) is 4. The Bertz CT molecular complexity index is 958. The molecule has 1 aromatic heterocycles. The summed E-state index contributed by atoms with van der Waals surface area (Å²) in [5.41, 5.74) is 3.11. The molecule has 0 bridgehead atoms. The molecule has 0 atom stereocenters. The minimum absolute atomic E-state index is 0.166. The molecule has 0 radical (unpaired) electrons. The summed E-state index contributed by atoms with van der Waals surface area (Å²) in [6, 6.07) is 15.0. The molecule has 2 aromatic carbocycles. The topological polar surface area (TPSA) is 60.5 Å². The van der Waals surface area contributed by atoms with Gasteiger partial charge in [0.2, 0.25) is 0 Å². The molecular formula is C21H20N2O3. The van der Waals surface area contributed by atoms with Crippen molar-refractivity contribution in [3.05, 3.63) is 59.8 Å². The van der Waals surface area contributed by atoms with Gasteiger partial charge in [0.1, 0.15) is 11.5 Å². The average molecular weight is 348 g/mol. The maximum Gasteiger partial charge on any atom is 0.256 e. The second kappa shape index (κ2) is 6.67. The number of nitrogens with one attached hydrogen (secondary N) is 1. The molecule has 0 spiro atoms. The molecule has 26 heavy (non-hydrogen) atoms. The van der Waals surface area contributed by atoms with Gasteiger partial charge in [0.25, 0.3) is 5.91 Å². The molecule has 1 N–H and O–H groups in total. The van der Waals surface area contributed by atoms with Gasteiger partial charge in [-0.25, -0.2) is 0 Å². The van der Waals surface area contributed by atoms with Gasteiger partial charge < -0.3 is 14.8 Å². The molecule has 0 saturated heterocycles. The Kier molecular flexibility index (Phi) is 4.21. The second-order valence-corrected chi connectivity index (χ2v) is 6.44. The molecule has 1 fully saturated rings. The fourth-order valence-electron chi connectivity index (χ4n) is 3.05. The number of carbonyl (C=O) groups is 1. The zero-order valence-corrected chi connectivity index (χ0v) is 14.8. The smallest absolute Gasteiger partial charge is 0.256 e. The van der Waals surface area contributed by atoms with Gasteiger partial charge in [0.05, 0.1) is 25.3 Å². The highest BCUT2D eigenvalue weighted by atomic mass is 16.5. The van der Waals surface area contributed by atoms with Crippen LogP contribution in [0.25, 0.3) is 10.9 Å². The van der Waals surface area contributed by atoms with Crippen LogP contribution in [0.4, 0.5) is 5.69 Å². The van der Waals surface area contributed by atoms with Crippen LogP contribution in [0.3, 0.4) is 0 Å². The van der Waals surface area contributed by atoms with Gasteiger partial charge in [-0.05, 0) is 25.0 Å². The highest BCUT2D eigenvalue weighted by molar-refractivity contribution is 6.12. The second-order valence-electron chi connectivity index (χ2n) is 6.44. The van der Waals surface area contributed by atoms with Crippen LogP contribution in [0.5, 0.6) is 11.5 Å². The SMILES string of the molecule is COc1cc(NC(=O)c2cc(C3CC3)nc3ccccc23)cc(OC)c1. The third-order valence-electron chi connectivity index (χ3n) is 4.59. The van der Waals surface area contributed by atoms with Gasteiger partial charge in [0.15, 0.2) is 0 Å². The number of hydrogen-bond donors (Lipinski definition) is 1. The summed E-state index contributed by atoms with van der Waals surface area (Å²) in [7, 11) is 3.16. The number of para-hydroxylation sites is 1.